The number of hydrogen-bond acceptors (Lipinski definition) is 3. The Morgan fingerprint density at radius 2 is 1.46 bits per heavy atom. The van der Waals surface area contributed by atoms with Crippen molar-refractivity contribution < 1.29 is 13.6 Å². The lowest BCUT2D eigenvalue weighted by Gasteiger charge is -2.11. The molecule has 0 fully saturated rings. The van der Waals surface area contributed by atoms with Crippen LogP contribution in [0.25, 0.3) is 0 Å². The molecule has 0 saturated heterocycles. The minimum Gasteiger partial charge on any atom is -0.301 e. The second-order valence-electron chi connectivity index (χ2n) is 2.80. The molecule has 0 aliphatic rings. The molecule has 0 aromatic heterocycles. The molecule has 0 heterocycles. The fourth-order valence-electron chi connectivity index (χ4n) is 0.673. The molecule has 0 bridgehead atoms. The van der Waals surface area contributed by atoms with E-state index >= 15 is 0 Å². The molecule has 0 aromatic carbocycles. The number of unbranched alkanes of at least 4 members (excludes halogenated alkanes) is 2. The summed E-state index contributed by atoms with van der Waals surface area (Å²) in [5.41, 5.74) is 0. The molecule has 0 unspecified atom stereocenters. The van der Waals surface area contributed by atoms with Crippen LogP contribution in [0.2, 0.25) is 0 Å². The monoisotopic (exact) mass is 272 g/mol. The first-order valence-electron chi connectivity index (χ1n) is 4.71. The standard InChI is InChI=1S/C8H18BrO3P/c1-3-5-7-11-13(9,10)12-8-6-4-2/h3-8H2,1-2H3. The second-order valence-corrected chi connectivity index (χ2v) is 6.79. The lowest BCUT2D eigenvalue weighted by atomic mass is 10.4. The van der Waals surface area contributed by atoms with Gasteiger partial charge in [0.1, 0.15) is 0 Å². The maximum Gasteiger partial charge on any atom is 0.396 e. The molecule has 0 aliphatic carbocycles. The van der Waals surface area contributed by atoms with Crippen molar-refractivity contribution in [3.8, 4) is 0 Å². The van der Waals surface area contributed by atoms with E-state index in [0.717, 1.165) is 25.7 Å². The summed E-state index contributed by atoms with van der Waals surface area (Å²) in [5, 5.41) is 0. The van der Waals surface area contributed by atoms with Gasteiger partial charge in [-0.3, -0.25) is 0 Å². The van der Waals surface area contributed by atoms with Crippen molar-refractivity contribution in [1.29, 1.82) is 0 Å². The quantitative estimate of drug-likeness (QED) is 0.493. The van der Waals surface area contributed by atoms with Crippen LogP contribution in [0.3, 0.4) is 0 Å². The summed E-state index contributed by atoms with van der Waals surface area (Å²) < 4.78 is 21.6. The molecule has 0 aromatic rings. The lowest BCUT2D eigenvalue weighted by Crippen LogP contribution is -1.94. The van der Waals surface area contributed by atoms with Crippen LogP contribution in [0.4, 0.5) is 0 Å². The van der Waals surface area contributed by atoms with Crippen LogP contribution < -0.4 is 0 Å². The van der Waals surface area contributed by atoms with Crippen LogP contribution >= 0.6 is 21.8 Å². The van der Waals surface area contributed by atoms with E-state index in [0.29, 0.717) is 13.2 Å². The summed E-state index contributed by atoms with van der Waals surface area (Å²) in [4.78, 5) is 0. The summed E-state index contributed by atoms with van der Waals surface area (Å²) in [6, 6.07) is 0. The van der Waals surface area contributed by atoms with Gasteiger partial charge in [-0.25, -0.2) is 4.57 Å². The Balaban J connectivity index is 3.49. The van der Waals surface area contributed by atoms with Gasteiger partial charge in [0.05, 0.1) is 13.2 Å². The Bertz CT molecular complexity index is 149. The zero-order valence-electron chi connectivity index (χ0n) is 8.29. The normalized spacial score (nSPS) is 11.9. The number of rotatable bonds is 8. The summed E-state index contributed by atoms with van der Waals surface area (Å²) in [6.07, 6.45) is 0.939. The fraction of sp³-hybridized carbons (Fsp3) is 1.00. The molecular weight excluding hydrogens is 255 g/mol. The first kappa shape index (κ1) is 13.6. The Morgan fingerprint density at radius 1 is 1.08 bits per heavy atom. The van der Waals surface area contributed by atoms with Crippen LogP contribution in [0.1, 0.15) is 39.5 Å². The van der Waals surface area contributed by atoms with Gasteiger partial charge < -0.3 is 9.05 Å². The molecule has 0 spiro atoms. The zero-order chi connectivity index (χ0) is 10.2. The molecule has 0 N–H and O–H groups in total. The van der Waals surface area contributed by atoms with Gasteiger partial charge in [0, 0.05) is 15.5 Å². The third-order valence-corrected chi connectivity index (χ3v) is 3.70. The van der Waals surface area contributed by atoms with Crippen molar-refractivity contribution in [3.63, 3.8) is 0 Å². The van der Waals surface area contributed by atoms with Gasteiger partial charge in [0.25, 0.3) is 0 Å². The second kappa shape index (κ2) is 7.98. The largest absolute Gasteiger partial charge is 0.396 e. The van der Waals surface area contributed by atoms with E-state index in [4.69, 9.17) is 9.05 Å². The first-order chi connectivity index (χ1) is 6.12. The Hall–Kier alpha value is 0.630. The van der Waals surface area contributed by atoms with Crippen molar-refractivity contribution in [2.75, 3.05) is 13.2 Å². The minimum absolute atomic E-state index is 0.491. The highest BCUT2D eigenvalue weighted by Crippen LogP contribution is 2.56. The van der Waals surface area contributed by atoms with Crippen LogP contribution in [0.15, 0.2) is 0 Å². The minimum atomic E-state index is -2.94. The van der Waals surface area contributed by atoms with Crippen molar-refractivity contribution >= 4 is 21.8 Å². The molecule has 0 radical (unpaired) electrons. The highest BCUT2D eigenvalue weighted by molar-refractivity contribution is 9.39. The predicted molar refractivity (Wildman–Crippen MR) is 58.3 cm³/mol. The number of halogens is 1. The maximum atomic E-state index is 11.4. The van der Waals surface area contributed by atoms with Crippen molar-refractivity contribution in [2.24, 2.45) is 0 Å². The molecule has 0 atom stereocenters. The average Bonchev–Trinajstić information content (AvgIpc) is 2.05. The highest BCUT2D eigenvalue weighted by atomic mass is 79.9. The topological polar surface area (TPSA) is 35.5 Å². The Kier molecular flexibility index (Phi) is 8.37. The fourth-order valence-corrected chi connectivity index (χ4v) is 2.31. The molecule has 5 heteroatoms. The van der Waals surface area contributed by atoms with Crippen LogP contribution in [-0.2, 0) is 13.6 Å². The summed E-state index contributed by atoms with van der Waals surface area (Å²) in [6.45, 7) is 5.09. The van der Waals surface area contributed by atoms with E-state index in [1.165, 1.54) is 0 Å². The molecular formula is C8H18BrO3P. The van der Waals surface area contributed by atoms with Crippen molar-refractivity contribution in [2.45, 2.75) is 39.5 Å². The maximum absolute atomic E-state index is 11.4. The SMILES string of the molecule is CCCCOP(=O)(Br)OCCCC. The van der Waals surface area contributed by atoms with Gasteiger partial charge in [0.15, 0.2) is 0 Å². The third kappa shape index (κ3) is 8.95. The van der Waals surface area contributed by atoms with Gasteiger partial charge in [-0.15, -0.1) is 0 Å². The van der Waals surface area contributed by atoms with E-state index in [1.54, 1.807) is 0 Å². The first-order valence-corrected chi connectivity index (χ1v) is 8.27. The average molecular weight is 273 g/mol. The van der Waals surface area contributed by atoms with E-state index in [9.17, 15) is 4.57 Å². The third-order valence-electron chi connectivity index (χ3n) is 1.49. The van der Waals surface area contributed by atoms with Crippen LogP contribution in [0.5, 0.6) is 0 Å². The highest BCUT2D eigenvalue weighted by Gasteiger charge is 2.18. The predicted octanol–water partition coefficient (Wildman–Crippen LogP) is 4.12. The van der Waals surface area contributed by atoms with Gasteiger partial charge in [-0.1, -0.05) is 26.7 Å². The van der Waals surface area contributed by atoms with E-state index in [2.05, 4.69) is 29.3 Å². The Labute approximate surface area is 88.5 Å². The van der Waals surface area contributed by atoms with Gasteiger partial charge in [-0.2, -0.15) is 0 Å². The zero-order valence-corrected chi connectivity index (χ0v) is 10.8. The van der Waals surface area contributed by atoms with Gasteiger partial charge >= 0.3 is 6.30 Å². The molecule has 13 heavy (non-hydrogen) atoms. The summed E-state index contributed by atoms with van der Waals surface area (Å²) in [5.74, 6) is 0. The molecule has 3 nitrogen and oxygen atoms in total. The Morgan fingerprint density at radius 3 is 1.77 bits per heavy atom. The number of hydrogen-bond donors (Lipinski definition) is 0. The van der Waals surface area contributed by atoms with E-state index in [-0.39, 0.29) is 0 Å². The molecule has 0 aliphatic heterocycles. The molecule has 0 saturated carbocycles. The molecule has 0 amide bonds. The smallest absolute Gasteiger partial charge is 0.301 e. The van der Waals surface area contributed by atoms with Crippen molar-refractivity contribution in [3.05, 3.63) is 0 Å². The van der Waals surface area contributed by atoms with Crippen LogP contribution in [-0.4, -0.2) is 13.2 Å². The lowest BCUT2D eigenvalue weighted by molar-refractivity contribution is 0.216. The van der Waals surface area contributed by atoms with Gasteiger partial charge in [-0.05, 0) is 12.8 Å². The van der Waals surface area contributed by atoms with Crippen LogP contribution in [0, 0.1) is 0 Å². The van der Waals surface area contributed by atoms with Gasteiger partial charge in [0.2, 0.25) is 0 Å². The van der Waals surface area contributed by atoms with E-state index in [1.807, 2.05) is 0 Å². The molecule has 80 valence electrons. The van der Waals surface area contributed by atoms with E-state index < -0.39 is 6.30 Å². The van der Waals surface area contributed by atoms with Crippen molar-refractivity contribution in [1.82, 2.24) is 0 Å². The summed E-state index contributed by atoms with van der Waals surface area (Å²) in [7, 11) is 0. The summed E-state index contributed by atoms with van der Waals surface area (Å²) >= 11 is 2.95. The molecule has 0 rings (SSSR count).